The van der Waals surface area contributed by atoms with Gasteiger partial charge in [-0.3, -0.25) is 4.79 Å². The number of carbonyl (C=O) groups is 1. The van der Waals surface area contributed by atoms with E-state index in [1.165, 1.54) is 12.8 Å². The van der Waals surface area contributed by atoms with Crippen molar-refractivity contribution in [3.63, 3.8) is 0 Å². The van der Waals surface area contributed by atoms with Gasteiger partial charge >= 0.3 is 5.97 Å². The average molecular weight is 261 g/mol. The minimum absolute atomic E-state index is 0.596. The molecule has 1 N–H and O–H groups in total. The molecule has 2 rings (SSSR count). The van der Waals surface area contributed by atoms with Gasteiger partial charge in [-0.15, -0.1) is 0 Å². The summed E-state index contributed by atoms with van der Waals surface area (Å²) < 4.78 is 0. The fourth-order valence-corrected chi connectivity index (χ4v) is 2.76. The van der Waals surface area contributed by atoms with Crippen molar-refractivity contribution in [2.24, 2.45) is 5.92 Å². The van der Waals surface area contributed by atoms with Gasteiger partial charge in [-0.25, -0.2) is 0 Å². The molecule has 1 aromatic rings. The van der Waals surface area contributed by atoms with Crippen LogP contribution < -0.4 is 0 Å². The van der Waals surface area contributed by atoms with Gasteiger partial charge in [-0.1, -0.05) is 37.3 Å². The second-order valence-electron chi connectivity index (χ2n) is 5.96. The van der Waals surface area contributed by atoms with E-state index >= 15 is 0 Å². The summed E-state index contributed by atoms with van der Waals surface area (Å²) in [5.41, 5.74) is 0.0723. The Balaban J connectivity index is 2.14. The molecule has 3 nitrogen and oxygen atoms in total. The summed E-state index contributed by atoms with van der Waals surface area (Å²) in [7, 11) is 0. The first-order valence-corrected chi connectivity index (χ1v) is 7.03. The zero-order chi connectivity index (χ0) is 13.9. The van der Waals surface area contributed by atoms with Gasteiger partial charge in [0.05, 0.1) is 0 Å². The number of aliphatic carboxylic acids is 1. The number of likely N-dealkylation sites (tertiary alicyclic amines) is 1. The summed E-state index contributed by atoms with van der Waals surface area (Å²) in [6, 6.07) is 9.58. The number of nitrogens with zero attached hydrogens (tertiary/aromatic N) is 1. The monoisotopic (exact) mass is 261 g/mol. The van der Waals surface area contributed by atoms with E-state index < -0.39 is 11.4 Å². The van der Waals surface area contributed by atoms with Crippen LogP contribution >= 0.6 is 0 Å². The summed E-state index contributed by atoms with van der Waals surface area (Å²) in [6.07, 6.45) is 2.34. The van der Waals surface area contributed by atoms with Gasteiger partial charge in [0, 0.05) is 6.54 Å². The van der Waals surface area contributed by atoms with Gasteiger partial charge < -0.3 is 10.0 Å². The second-order valence-corrected chi connectivity index (χ2v) is 5.96. The number of benzene rings is 1. The lowest BCUT2D eigenvalue weighted by Crippen LogP contribution is -2.47. The third-order valence-electron chi connectivity index (χ3n) is 4.30. The molecule has 1 aromatic carbocycles. The molecular weight excluding hydrogens is 238 g/mol. The van der Waals surface area contributed by atoms with E-state index in [0.29, 0.717) is 6.54 Å². The predicted molar refractivity (Wildman–Crippen MR) is 76.3 cm³/mol. The number of hydrogen-bond donors (Lipinski definition) is 1. The van der Waals surface area contributed by atoms with Crippen molar-refractivity contribution in [1.29, 1.82) is 0 Å². The molecule has 0 aromatic heterocycles. The first kappa shape index (κ1) is 14.1. The predicted octanol–water partition coefficient (Wildman–Crippen LogP) is 2.76. The maximum Gasteiger partial charge on any atom is 0.315 e. The maximum atomic E-state index is 11.7. The van der Waals surface area contributed by atoms with Crippen LogP contribution in [0.2, 0.25) is 0 Å². The van der Waals surface area contributed by atoms with Crippen molar-refractivity contribution in [3.8, 4) is 0 Å². The Morgan fingerprint density at radius 1 is 1.32 bits per heavy atom. The third-order valence-corrected chi connectivity index (χ3v) is 4.30. The van der Waals surface area contributed by atoms with Crippen LogP contribution in [-0.4, -0.2) is 35.6 Å². The lowest BCUT2D eigenvalue weighted by atomic mass is 9.81. The maximum absolute atomic E-state index is 11.7. The summed E-state index contributed by atoms with van der Waals surface area (Å²) in [4.78, 5) is 14.0. The van der Waals surface area contributed by atoms with Gasteiger partial charge in [0.2, 0.25) is 0 Å². The fourth-order valence-electron chi connectivity index (χ4n) is 2.76. The minimum Gasteiger partial charge on any atom is -0.481 e. The summed E-state index contributed by atoms with van der Waals surface area (Å²) >= 11 is 0. The van der Waals surface area contributed by atoms with Crippen molar-refractivity contribution in [3.05, 3.63) is 35.9 Å². The highest BCUT2D eigenvalue weighted by atomic mass is 16.4. The summed E-state index contributed by atoms with van der Waals surface area (Å²) in [5, 5.41) is 9.64. The van der Waals surface area contributed by atoms with E-state index in [1.807, 2.05) is 37.3 Å². The van der Waals surface area contributed by atoms with E-state index in [0.717, 1.165) is 24.6 Å². The number of carboxylic acids is 1. The molecule has 104 valence electrons. The highest BCUT2D eigenvalue weighted by Gasteiger charge is 2.37. The molecule has 1 fully saturated rings. The number of rotatable bonds is 4. The van der Waals surface area contributed by atoms with Crippen LogP contribution in [0.15, 0.2) is 30.3 Å². The van der Waals surface area contributed by atoms with Gasteiger partial charge in [-0.2, -0.15) is 0 Å². The molecule has 1 unspecified atom stereocenters. The van der Waals surface area contributed by atoms with Crippen molar-refractivity contribution in [2.75, 3.05) is 19.6 Å². The van der Waals surface area contributed by atoms with Gasteiger partial charge in [0.1, 0.15) is 5.41 Å². The molecule has 1 saturated heterocycles. The smallest absolute Gasteiger partial charge is 0.315 e. The topological polar surface area (TPSA) is 40.5 Å². The first-order valence-electron chi connectivity index (χ1n) is 7.03. The molecule has 1 atom stereocenters. The lowest BCUT2D eigenvalue weighted by molar-refractivity contribution is -0.144. The molecule has 0 amide bonds. The lowest BCUT2D eigenvalue weighted by Gasteiger charge is -2.36. The van der Waals surface area contributed by atoms with Gasteiger partial charge in [-0.05, 0) is 44.3 Å². The van der Waals surface area contributed by atoms with E-state index in [4.69, 9.17) is 0 Å². The van der Waals surface area contributed by atoms with Crippen molar-refractivity contribution in [1.82, 2.24) is 4.90 Å². The van der Waals surface area contributed by atoms with Crippen LogP contribution in [-0.2, 0) is 10.2 Å². The molecule has 0 aliphatic carbocycles. The van der Waals surface area contributed by atoms with E-state index in [9.17, 15) is 9.90 Å². The van der Waals surface area contributed by atoms with E-state index in [2.05, 4.69) is 11.8 Å². The van der Waals surface area contributed by atoms with Crippen molar-refractivity contribution in [2.45, 2.75) is 32.1 Å². The van der Waals surface area contributed by atoms with Crippen LogP contribution in [0.4, 0.5) is 0 Å². The van der Waals surface area contributed by atoms with Crippen LogP contribution in [0.25, 0.3) is 0 Å². The highest BCUT2D eigenvalue weighted by Crippen LogP contribution is 2.27. The summed E-state index contributed by atoms with van der Waals surface area (Å²) in [6.45, 7) is 6.72. The Hall–Kier alpha value is -1.35. The van der Waals surface area contributed by atoms with Crippen LogP contribution in [0.3, 0.4) is 0 Å². The average Bonchev–Trinajstić information content (AvgIpc) is 2.42. The molecule has 0 spiro atoms. The van der Waals surface area contributed by atoms with E-state index in [1.54, 1.807) is 0 Å². The van der Waals surface area contributed by atoms with Crippen molar-refractivity contribution >= 4 is 5.97 Å². The summed E-state index contributed by atoms with van der Waals surface area (Å²) in [5.74, 6) is 0.0291. The quantitative estimate of drug-likeness (QED) is 0.906. The standard InChI is InChI=1S/C16H23NO2/c1-13-8-10-17(11-9-13)12-16(2,15(18)19)14-6-4-3-5-7-14/h3-7,13H,8-12H2,1-2H3,(H,18,19). The zero-order valence-electron chi connectivity index (χ0n) is 11.8. The SMILES string of the molecule is CC1CCN(CC(C)(C(=O)O)c2ccccc2)CC1. The van der Waals surface area contributed by atoms with Crippen LogP contribution in [0.1, 0.15) is 32.3 Å². The Labute approximate surface area is 115 Å². The molecule has 3 heteroatoms. The molecule has 19 heavy (non-hydrogen) atoms. The van der Waals surface area contributed by atoms with Crippen LogP contribution in [0.5, 0.6) is 0 Å². The largest absolute Gasteiger partial charge is 0.481 e. The molecular formula is C16H23NO2. The number of carboxylic acid groups (broad SMARTS) is 1. The number of hydrogen-bond acceptors (Lipinski definition) is 2. The second kappa shape index (κ2) is 5.74. The zero-order valence-corrected chi connectivity index (χ0v) is 11.8. The molecule has 0 saturated carbocycles. The first-order chi connectivity index (χ1) is 9.02. The molecule has 0 radical (unpaired) electrons. The molecule has 1 aliphatic heterocycles. The van der Waals surface area contributed by atoms with Gasteiger partial charge in [0.15, 0.2) is 0 Å². The highest BCUT2D eigenvalue weighted by molar-refractivity contribution is 5.81. The van der Waals surface area contributed by atoms with Crippen LogP contribution in [0, 0.1) is 5.92 Å². The molecule has 1 aliphatic rings. The fraction of sp³-hybridized carbons (Fsp3) is 0.562. The Morgan fingerprint density at radius 3 is 2.42 bits per heavy atom. The normalized spacial score (nSPS) is 20.9. The number of piperidine rings is 1. The third kappa shape index (κ3) is 3.16. The Kier molecular flexibility index (Phi) is 4.25. The Morgan fingerprint density at radius 2 is 1.89 bits per heavy atom. The molecule has 1 heterocycles. The van der Waals surface area contributed by atoms with Gasteiger partial charge in [0.25, 0.3) is 0 Å². The van der Waals surface area contributed by atoms with Crippen molar-refractivity contribution < 1.29 is 9.90 Å². The van der Waals surface area contributed by atoms with E-state index in [-0.39, 0.29) is 0 Å². The molecule has 0 bridgehead atoms. The Bertz CT molecular complexity index is 424. The minimum atomic E-state index is -0.818.